The van der Waals surface area contributed by atoms with Gasteiger partial charge in [-0.1, -0.05) is 13.3 Å². The van der Waals surface area contributed by atoms with Gasteiger partial charge >= 0.3 is 0 Å². The van der Waals surface area contributed by atoms with Crippen LogP contribution in [0.15, 0.2) is 29.6 Å². The number of nitrogens with one attached hydrogen (secondary N) is 1. The van der Waals surface area contributed by atoms with Crippen molar-refractivity contribution in [1.29, 1.82) is 0 Å². The fourth-order valence-corrected chi connectivity index (χ4v) is 3.34. The molecule has 0 saturated carbocycles. The first-order valence-electron chi connectivity index (χ1n) is 8.48. The Morgan fingerprint density at radius 2 is 2.12 bits per heavy atom. The SMILES string of the molecule is CCCCOc1ccc(C(=O)NCCc2csc3nc(C)nn23)cc1. The summed E-state index contributed by atoms with van der Waals surface area (Å²) in [6.07, 6.45) is 2.85. The minimum Gasteiger partial charge on any atom is -0.494 e. The number of nitrogens with zero attached hydrogens (tertiary/aromatic N) is 3. The van der Waals surface area contributed by atoms with Crippen LogP contribution < -0.4 is 10.1 Å². The largest absolute Gasteiger partial charge is 0.494 e. The topological polar surface area (TPSA) is 68.5 Å². The lowest BCUT2D eigenvalue weighted by atomic mass is 10.2. The Hall–Kier alpha value is -2.41. The number of benzene rings is 1. The highest BCUT2D eigenvalue weighted by molar-refractivity contribution is 7.15. The molecule has 7 heteroatoms. The van der Waals surface area contributed by atoms with Crippen molar-refractivity contribution in [2.45, 2.75) is 33.1 Å². The smallest absolute Gasteiger partial charge is 0.251 e. The zero-order valence-corrected chi connectivity index (χ0v) is 15.3. The van der Waals surface area contributed by atoms with Crippen molar-refractivity contribution in [3.05, 3.63) is 46.7 Å². The van der Waals surface area contributed by atoms with Gasteiger partial charge in [0.05, 0.1) is 12.3 Å². The van der Waals surface area contributed by atoms with Crippen LogP contribution in [0, 0.1) is 6.92 Å². The van der Waals surface area contributed by atoms with Crippen LogP contribution in [0.5, 0.6) is 5.75 Å². The summed E-state index contributed by atoms with van der Waals surface area (Å²) in [6, 6.07) is 7.26. The molecular formula is C18H22N4O2S. The fraction of sp³-hybridized carbons (Fsp3) is 0.389. The van der Waals surface area contributed by atoms with Crippen LogP contribution in [0.3, 0.4) is 0 Å². The van der Waals surface area contributed by atoms with E-state index in [2.05, 4.69) is 22.3 Å². The molecule has 0 aliphatic rings. The molecule has 3 rings (SSSR count). The van der Waals surface area contributed by atoms with Gasteiger partial charge in [0.25, 0.3) is 5.91 Å². The van der Waals surface area contributed by atoms with Crippen molar-refractivity contribution in [2.24, 2.45) is 0 Å². The average molecular weight is 358 g/mol. The quantitative estimate of drug-likeness (QED) is 0.628. The van der Waals surface area contributed by atoms with Gasteiger partial charge in [0.15, 0.2) is 0 Å². The Labute approximate surface area is 150 Å². The second-order valence-corrected chi connectivity index (χ2v) is 6.65. The van der Waals surface area contributed by atoms with Crippen LogP contribution >= 0.6 is 11.3 Å². The minimum atomic E-state index is -0.0821. The molecule has 0 radical (unpaired) electrons. The molecule has 0 atom stereocenters. The maximum Gasteiger partial charge on any atom is 0.251 e. The molecule has 6 nitrogen and oxygen atoms in total. The van der Waals surface area contributed by atoms with E-state index < -0.39 is 0 Å². The van der Waals surface area contributed by atoms with E-state index in [9.17, 15) is 4.79 Å². The van der Waals surface area contributed by atoms with E-state index >= 15 is 0 Å². The summed E-state index contributed by atoms with van der Waals surface area (Å²) in [7, 11) is 0. The van der Waals surface area contributed by atoms with Gasteiger partial charge in [-0.2, -0.15) is 5.10 Å². The molecule has 2 heterocycles. The van der Waals surface area contributed by atoms with Gasteiger partial charge in [0.2, 0.25) is 4.96 Å². The number of fused-ring (bicyclic) bond motifs is 1. The van der Waals surface area contributed by atoms with Crippen LogP contribution in [0.25, 0.3) is 4.96 Å². The zero-order valence-electron chi connectivity index (χ0n) is 14.5. The van der Waals surface area contributed by atoms with Gasteiger partial charge in [-0.3, -0.25) is 4.79 Å². The number of aromatic nitrogens is 3. The number of unbranched alkanes of at least 4 members (excludes halogenated alkanes) is 1. The lowest BCUT2D eigenvalue weighted by Crippen LogP contribution is -2.26. The molecule has 1 amide bonds. The Morgan fingerprint density at radius 3 is 2.88 bits per heavy atom. The van der Waals surface area contributed by atoms with Crippen molar-refractivity contribution in [2.75, 3.05) is 13.2 Å². The van der Waals surface area contributed by atoms with Crippen LogP contribution in [0.1, 0.15) is 41.6 Å². The third-order valence-electron chi connectivity index (χ3n) is 3.81. The van der Waals surface area contributed by atoms with Gasteiger partial charge in [-0.15, -0.1) is 11.3 Å². The molecule has 1 aromatic carbocycles. The highest BCUT2D eigenvalue weighted by Crippen LogP contribution is 2.15. The van der Waals surface area contributed by atoms with Crippen molar-refractivity contribution >= 4 is 22.2 Å². The summed E-state index contributed by atoms with van der Waals surface area (Å²) in [4.78, 5) is 17.4. The molecule has 3 aromatic rings. The normalized spacial score (nSPS) is 11.0. The number of hydrogen-bond donors (Lipinski definition) is 1. The number of amides is 1. The van der Waals surface area contributed by atoms with Gasteiger partial charge in [0.1, 0.15) is 11.6 Å². The highest BCUT2D eigenvalue weighted by atomic mass is 32.1. The van der Waals surface area contributed by atoms with Crippen LogP contribution in [0.4, 0.5) is 0 Å². The number of ether oxygens (including phenoxy) is 1. The molecule has 0 saturated heterocycles. The monoisotopic (exact) mass is 358 g/mol. The number of rotatable bonds is 8. The van der Waals surface area contributed by atoms with Crippen molar-refractivity contribution in [3.63, 3.8) is 0 Å². The lowest BCUT2D eigenvalue weighted by molar-refractivity contribution is 0.0954. The van der Waals surface area contributed by atoms with Crippen molar-refractivity contribution in [3.8, 4) is 5.75 Å². The second kappa shape index (κ2) is 8.11. The molecule has 1 N–H and O–H groups in total. The van der Waals surface area contributed by atoms with E-state index in [0.717, 1.165) is 35.1 Å². The Balaban J connectivity index is 1.50. The Kier molecular flexibility index (Phi) is 5.65. The maximum absolute atomic E-state index is 12.2. The molecule has 0 fully saturated rings. The third kappa shape index (κ3) is 4.36. The van der Waals surface area contributed by atoms with Crippen molar-refractivity contribution in [1.82, 2.24) is 19.9 Å². The number of thiazole rings is 1. The summed E-state index contributed by atoms with van der Waals surface area (Å²) >= 11 is 1.56. The van der Waals surface area contributed by atoms with E-state index in [1.807, 2.05) is 29.0 Å². The number of carbonyl (C=O) groups excluding carboxylic acids is 1. The molecule has 2 aromatic heterocycles. The van der Waals surface area contributed by atoms with Gasteiger partial charge < -0.3 is 10.1 Å². The first-order chi connectivity index (χ1) is 12.2. The molecule has 25 heavy (non-hydrogen) atoms. The molecule has 0 bridgehead atoms. The molecule has 0 aliphatic heterocycles. The molecule has 0 unspecified atom stereocenters. The molecular weight excluding hydrogens is 336 g/mol. The Morgan fingerprint density at radius 1 is 1.32 bits per heavy atom. The Bertz CT molecular complexity index is 839. The maximum atomic E-state index is 12.2. The van der Waals surface area contributed by atoms with Gasteiger partial charge in [-0.05, 0) is 37.6 Å². The summed E-state index contributed by atoms with van der Waals surface area (Å²) in [5.41, 5.74) is 1.69. The van der Waals surface area contributed by atoms with Crippen LogP contribution in [0.2, 0.25) is 0 Å². The zero-order chi connectivity index (χ0) is 17.6. The lowest BCUT2D eigenvalue weighted by Gasteiger charge is -2.07. The van der Waals surface area contributed by atoms with E-state index in [-0.39, 0.29) is 5.91 Å². The van der Waals surface area contributed by atoms with Crippen LogP contribution in [-0.2, 0) is 6.42 Å². The molecule has 132 valence electrons. The highest BCUT2D eigenvalue weighted by Gasteiger charge is 2.09. The van der Waals surface area contributed by atoms with Gasteiger partial charge in [0, 0.05) is 23.9 Å². The van der Waals surface area contributed by atoms with E-state index in [1.165, 1.54) is 0 Å². The van der Waals surface area contributed by atoms with E-state index in [4.69, 9.17) is 4.74 Å². The summed E-state index contributed by atoms with van der Waals surface area (Å²) in [5, 5.41) is 9.33. The summed E-state index contributed by atoms with van der Waals surface area (Å²) in [5.74, 6) is 1.48. The summed E-state index contributed by atoms with van der Waals surface area (Å²) < 4.78 is 7.45. The second-order valence-electron chi connectivity index (χ2n) is 5.81. The predicted octanol–water partition coefficient (Wildman–Crippen LogP) is 3.25. The standard InChI is InChI=1S/C18H22N4O2S/c1-3-4-11-24-16-7-5-14(6-8-16)17(23)19-10-9-15-12-25-18-20-13(2)21-22(15)18/h5-8,12H,3-4,9-11H2,1-2H3,(H,19,23). The first-order valence-corrected chi connectivity index (χ1v) is 9.36. The van der Waals surface area contributed by atoms with Crippen LogP contribution in [-0.4, -0.2) is 33.7 Å². The first kappa shape index (κ1) is 17.4. The predicted molar refractivity (Wildman–Crippen MR) is 98.5 cm³/mol. The fourth-order valence-electron chi connectivity index (χ4n) is 2.44. The third-order valence-corrected chi connectivity index (χ3v) is 4.67. The van der Waals surface area contributed by atoms with E-state index in [1.54, 1.807) is 23.5 Å². The summed E-state index contributed by atoms with van der Waals surface area (Å²) in [6.45, 7) is 5.26. The van der Waals surface area contributed by atoms with Gasteiger partial charge in [-0.25, -0.2) is 9.50 Å². The minimum absolute atomic E-state index is 0.0821. The van der Waals surface area contributed by atoms with Crippen molar-refractivity contribution < 1.29 is 9.53 Å². The molecule has 0 spiro atoms. The average Bonchev–Trinajstić information content (AvgIpc) is 3.15. The number of aryl methyl sites for hydroxylation is 1. The van der Waals surface area contributed by atoms with E-state index in [0.29, 0.717) is 25.1 Å². The molecule has 0 aliphatic carbocycles. The number of carbonyl (C=O) groups is 1. The number of hydrogen-bond acceptors (Lipinski definition) is 5.